The van der Waals surface area contributed by atoms with Crippen LogP contribution in [-0.4, -0.2) is 27.2 Å². The predicted octanol–water partition coefficient (Wildman–Crippen LogP) is 2.61. The molecule has 4 nitrogen and oxygen atoms in total. The molecule has 0 fully saturated rings. The summed E-state index contributed by atoms with van der Waals surface area (Å²) >= 11 is 0. The third kappa shape index (κ3) is 4.70. The summed E-state index contributed by atoms with van der Waals surface area (Å²) in [7, 11) is -3.37. The molecule has 0 saturated carbocycles. The molecule has 5 heteroatoms. The lowest BCUT2D eigenvalue weighted by Crippen LogP contribution is -2.09. The second kappa shape index (κ2) is 7.12. The first kappa shape index (κ1) is 16.8. The van der Waals surface area contributed by atoms with Crippen molar-refractivity contribution in [3.63, 3.8) is 0 Å². The van der Waals surface area contributed by atoms with Crippen LogP contribution < -0.4 is 0 Å². The molecule has 0 bridgehead atoms. The smallest absolute Gasteiger partial charge is 0.339 e. The number of hydrogen-bond acceptors (Lipinski definition) is 4. The number of rotatable bonds is 3. The third-order valence-corrected chi connectivity index (χ3v) is 4.25. The molecular formula is C18H16O4S. The van der Waals surface area contributed by atoms with E-state index in [1.807, 2.05) is 30.3 Å². The normalized spacial score (nSPS) is 10.5. The highest BCUT2D eigenvalue weighted by molar-refractivity contribution is 7.90. The molecule has 0 aliphatic heterocycles. The highest BCUT2D eigenvalue weighted by Crippen LogP contribution is 2.16. The Morgan fingerprint density at radius 2 is 1.83 bits per heavy atom. The zero-order chi connectivity index (χ0) is 16.9. The molecule has 0 N–H and O–H groups in total. The monoisotopic (exact) mass is 328 g/mol. The number of sulfone groups is 1. The van der Waals surface area contributed by atoms with E-state index < -0.39 is 15.8 Å². The zero-order valence-electron chi connectivity index (χ0n) is 12.9. The van der Waals surface area contributed by atoms with Crippen molar-refractivity contribution in [3.05, 3.63) is 65.2 Å². The van der Waals surface area contributed by atoms with Crippen LogP contribution in [0.1, 0.15) is 21.5 Å². The molecule has 0 heterocycles. The number of carbonyl (C=O) groups excluding carboxylic acids is 1. The van der Waals surface area contributed by atoms with E-state index in [1.165, 1.54) is 12.1 Å². The molecular weight excluding hydrogens is 312 g/mol. The van der Waals surface area contributed by atoms with E-state index in [0.29, 0.717) is 5.56 Å². The summed E-state index contributed by atoms with van der Waals surface area (Å²) in [6.07, 6.45) is 1.10. The Bertz CT molecular complexity index is 872. The molecule has 0 amide bonds. The van der Waals surface area contributed by atoms with E-state index in [0.717, 1.165) is 11.8 Å². The highest BCUT2D eigenvalue weighted by atomic mass is 32.2. The van der Waals surface area contributed by atoms with E-state index in [4.69, 9.17) is 4.74 Å². The lowest BCUT2D eigenvalue weighted by molar-refractivity contribution is 0.0555. The van der Waals surface area contributed by atoms with Crippen LogP contribution in [0, 0.1) is 18.8 Å². The Balaban J connectivity index is 2.08. The number of carbonyl (C=O) groups is 1. The molecule has 0 atom stereocenters. The summed E-state index contributed by atoms with van der Waals surface area (Å²) in [5.41, 5.74) is 1.71. The summed E-state index contributed by atoms with van der Waals surface area (Å²) in [6.45, 7) is 1.66. The van der Waals surface area contributed by atoms with Crippen LogP contribution in [-0.2, 0) is 14.6 Å². The number of benzene rings is 2. The van der Waals surface area contributed by atoms with Crippen LogP contribution in [0.2, 0.25) is 0 Å². The van der Waals surface area contributed by atoms with Gasteiger partial charge in [-0.2, -0.15) is 0 Å². The molecule has 0 unspecified atom stereocenters. The lowest BCUT2D eigenvalue weighted by Gasteiger charge is -2.07. The Morgan fingerprint density at radius 3 is 2.48 bits per heavy atom. The van der Waals surface area contributed by atoms with Gasteiger partial charge < -0.3 is 4.74 Å². The van der Waals surface area contributed by atoms with Crippen molar-refractivity contribution in [3.8, 4) is 11.8 Å². The maximum Gasteiger partial charge on any atom is 0.339 e. The van der Waals surface area contributed by atoms with Gasteiger partial charge in [0.1, 0.15) is 0 Å². The van der Waals surface area contributed by atoms with Crippen LogP contribution in [0.25, 0.3) is 0 Å². The van der Waals surface area contributed by atoms with E-state index in [1.54, 1.807) is 13.0 Å². The Hall–Kier alpha value is -2.58. The quantitative estimate of drug-likeness (QED) is 0.642. The van der Waals surface area contributed by atoms with Crippen molar-refractivity contribution >= 4 is 15.8 Å². The predicted molar refractivity (Wildman–Crippen MR) is 87.9 cm³/mol. The van der Waals surface area contributed by atoms with Gasteiger partial charge in [-0.15, -0.1) is 0 Å². The number of ether oxygens (including phenoxy) is 1. The van der Waals surface area contributed by atoms with Gasteiger partial charge in [-0.05, 0) is 36.8 Å². The van der Waals surface area contributed by atoms with Crippen molar-refractivity contribution in [2.45, 2.75) is 11.8 Å². The average molecular weight is 328 g/mol. The number of aryl methyl sites for hydroxylation is 1. The minimum atomic E-state index is -3.37. The van der Waals surface area contributed by atoms with Gasteiger partial charge >= 0.3 is 5.97 Å². The maximum atomic E-state index is 12.1. The summed E-state index contributed by atoms with van der Waals surface area (Å²) in [5.74, 6) is 5.05. The van der Waals surface area contributed by atoms with Crippen LogP contribution in [0.15, 0.2) is 53.4 Å². The first-order chi connectivity index (χ1) is 10.9. The van der Waals surface area contributed by atoms with Crippen LogP contribution >= 0.6 is 0 Å². The van der Waals surface area contributed by atoms with Gasteiger partial charge in [0.05, 0.1) is 10.5 Å². The Kier molecular flexibility index (Phi) is 5.20. The molecule has 0 spiro atoms. The fraction of sp³-hybridized carbons (Fsp3) is 0.167. The van der Waals surface area contributed by atoms with Crippen molar-refractivity contribution < 1.29 is 17.9 Å². The van der Waals surface area contributed by atoms with Gasteiger partial charge in [0, 0.05) is 11.8 Å². The fourth-order valence-corrected chi connectivity index (χ4v) is 2.54. The van der Waals surface area contributed by atoms with E-state index in [-0.39, 0.29) is 17.1 Å². The van der Waals surface area contributed by atoms with E-state index in [2.05, 4.69) is 11.8 Å². The van der Waals surface area contributed by atoms with Crippen LogP contribution in [0.4, 0.5) is 0 Å². The molecule has 2 aromatic rings. The summed E-state index contributed by atoms with van der Waals surface area (Å²) in [5, 5.41) is 0. The molecule has 0 saturated heterocycles. The Labute approximate surface area is 136 Å². The third-order valence-electron chi connectivity index (χ3n) is 3.14. The summed E-state index contributed by atoms with van der Waals surface area (Å²) < 4.78 is 28.2. The number of esters is 1. The summed E-state index contributed by atoms with van der Waals surface area (Å²) in [4.78, 5) is 12.2. The van der Waals surface area contributed by atoms with Gasteiger partial charge in [0.2, 0.25) is 0 Å². The standard InChI is InChI=1S/C18H16O4S/c1-14-10-11-16(23(2,20)21)13-17(14)18(19)22-12-6-9-15-7-4-3-5-8-15/h3-5,7-8,10-11,13H,12H2,1-2H3. The Morgan fingerprint density at radius 1 is 1.13 bits per heavy atom. The van der Waals surface area contributed by atoms with Crippen molar-refractivity contribution in [2.24, 2.45) is 0 Å². The molecule has 23 heavy (non-hydrogen) atoms. The van der Waals surface area contributed by atoms with Crippen molar-refractivity contribution in [2.75, 3.05) is 12.9 Å². The van der Waals surface area contributed by atoms with Crippen molar-refractivity contribution in [1.82, 2.24) is 0 Å². The van der Waals surface area contributed by atoms with Crippen LogP contribution in [0.5, 0.6) is 0 Å². The molecule has 118 valence electrons. The van der Waals surface area contributed by atoms with Crippen molar-refractivity contribution in [1.29, 1.82) is 0 Å². The fourth-order valence-electron chi connectivity index (χ4n) is 1.89. The molecule has 0 aromatic heterocycles. The van der Waals surface area contributed by atoms with E-state index >= 15 is 0 Å². The second-order valence-corrected chi connectivity index (χ2v) is 7.01. The molecule has 0 radical (unpaired) electrons. The summed E-state index contributed by atoms with van der Waals surface area (Å²) in [6, 6.07) is 13.7. The molecule has 2 rings (SSSR count). The van der Waals surface area contributed by atoms with Gasteiger partial charge in [0.15, 0.2) is 16.4 Å². The average Bonchev–Trinajstić information content (AvgIpc) is 2.51. The van der Waals surface area contributed by atoms with Crippen LogP contribution in [0.3, 0.4) is 0 Å². The minimum Gasteiger partial charge on any atom is -0.449 e. The first-order valence-electron chi connectivity index (χ1n) is 6.89. The topological polar surface area (TPSA) is 60.4 Å². The molecule has 2 aromatic carbocycles. The van der Waals surface area contributed by atoms with Gasteiger partial charge in [-0.3, -0.25) is 0 Å². The number of hydrogen-bond donors (Lipinski definition) is 0. The SMILES string of the molecule is Cc1ccc(S(C)(=O)=O)cc1C(=O)OCC#Cc1ccccc1. The molecule has 0 aliphatic carbocycles. The second-order valence-electron chi connectivity index (χ2n) is 4.99. The van der Waals surface area contributed by atoms with Gasteiger partial charge in [-0.25, -0.2) is 13.2 Å². The van der Waals surface area contributed by atoms with E-state index in [9.17, 15) is 13.2 Å². The van der Waals surface area contributed by atoms with Gasteiger partial charge in [0.25, 0.3) is 0 Å². The lowest BCUT2D eigenvalue weighted by atomic mass is 10.1. The largest absolute Gasteiger partial charge is 0.449 e. The van der Waals surface area contributed by atoms with Gasteiger partial charge in [-0.1, -0.05) is 36.1 Å². The maximum absolute atomic E-state index is 12.1. The molecule has 0 aliphatic rings. The minimum absolute atomic E-state index is 0.0593. The zero-order valence-corrected chi connectivity index (χ0v) is 13.7. The first-order valence-corrected chi connectivity index (χ1v) is 8.79. The highest BCUT2D eigenvalue weighted by Gasteiger charge is 2.15.